The second-order valence-corrected chi connectivity index (χ2v) is 5.38. The average molecular weight is 300 g/mol. The van der Waals surface area contributed by atoms with Crippen molar-refractivity contribution in [2.45, 2.75) is 19.4 Å². The topological polar surface area (TPSA) is 92.5 Å². The average Bonchev–Trinajstić information content (AvgIpc) is 2.35. The number of carbonyl (C=O) groups excluding carboxylic acids is 1. The van der Waals surface area contributed by atoms with E-state index in [1.165, 1.54) is 0 Å². The zero-order valence-corrected chi connectivity index (χ0v) is 12.1. The predicted molar refractivity (Wildman–Crippen MR) is 72.8 cm³/mol. The lowest BCUT2D eigenvalue weighted by Gasteiger charge is -2.44. The fourth-order valence-electron chi connectivity index (χ4n) is 2.26. The van der Waals surface area contributed by atoms with E-state index >= 15 is 0 Å². The van der Waals surface area contributed by atoms with E-state index in [0.717, 1.165) is 6.20 Å². The van der Waals surface area contributed by atoms with Crippen LogP contribution in [0.1, 0.15) is 13.8 Å². The van der Waals surface area contributed by atoms with Gasteiger partial charge in [-0.2, -0.15) is 4.98 Å². The molecule has 1 fully saturated rings. The van der Waals surface area contributed by atoms with Gasteiger partial charge in [0.15, 0.2) is 0 Å². The molecule has 1 amide bonds. The zero-order valence-electron chi connectivity index (χ0n) is 11.3. The molecule has 1 aromatic rings. The lowest BCUT2D eigenvalue weighted by molar-refractivity contribution is -0.384. The summed E-state index contributed by atoms with van der Waals surface area (Å²) >= 11 is 5.73. The quantitative estimate of drug-likeness (QED) is 0.461. The number of nitrogens with zero attached hydrogens (tertiary/aromatic N) is 5. The van der Waals surface area contributed by atoms with Gasteiger partial charge in [-0.05, 0) is 25.4 Å². The van der Waals surface area contributed by atoms with Gasteiger partial charge in [0.25, 0.3) is 0 Å². The van der Waals surface area contributed by atoms with E-state index < -0.39 is 10.5 Å². The first-order valence-corrected chi connectivity index (χ1v) is 6.33. The summed E-state index contributed by atoms with van der Waals surface area (Å²) < 4.78 is 0. The number of halogens is 1. The van der Waals surface area contributed by atoms with Crippen molar-refractivity contribution in [2.75, 3.05) is 25.0 Å². The van der Waals surface area contributed by atoms with Crippen LogP contribution in [0.5, 0.6) is 0 Å². The number of carbonyl (C=O) groups is 1. The maximum Gasteiger partial charge on any atom is 0.329 e. The highest BCUT2D eigenvalue weighted by molar-refractivity contribution is 6.28. The minimum absolute atomic E-state index is 0.0708. The van der Waals surface area contributed by atoms with Crippen molar-refractivity contribution in [1.82, 2.24) is 14.9 Å². The second kappa shape index (κ2) is 4.86. The molecule has 0 aromatic carbocycles. The van der Waals surface area contributed by atoms with Gasteiger partial charge in [0.1, 0.15) is 11.7 Å². The number of rotatable bonds is 2. The largest absolute Gasteiger partial charge is 0.342 e. The molecule has 1 aliphatic heterocycles. The smallest absolute Gasteiger partial charge is 0.329 e. The van der Waals surface area contributed by atoms with Crippen molar-refractivity contribution >= 4 is 29.0 Å². The van der Waals surface area contributed by atoms with Crippen molar-refractivity contribution in [2.24, 2.45) is 0 Å². The van der Waals surface area contributed by atoms with Gasteiger partial charge in [-0.1, -0.05) is 0 Å². The summed E-state index contributed by atoms with van der Waals surface area (Å²) in [5.74, 6) is -0.0609. The highest BCUT2D eigenvalue weighted by Crippen LogP contribution is 2.33. The van der Waals surface area contributed by atoms with Gasteiger partial charge in [-0.25, -0.2) is 4.98 Å². The normalized spacial score (nSPS) is 18.3. The van der Waals surface area contributed by atoms with Crippen LogP contribution in [0.15, 0.2) is 6.20 Å². The fourth-order valence-corrected chi connectivity index (χ4v) is 2.39. The van der Waals surface area contributed by atoms with Crippen molar-refractivity contribution in [3.05, 3.63) is 21.6 Å². The zero-order chi connectivity index (χ0) is 15.1. The number of hydrogen-bond acceptors (Lipinski definition) is 6. The highest BCUT2D eigenvalue weighted by Gasteiger charge is 2.43. The van der Waals surface area contributed by atoms with Crippen LogP contribution in [0.4, 0.5) is 11.5 Å². The van der Waals surface area contributed by atoms with Crippen LogP contribution < -0.4 is 4.90 Å². The lowest BCUT2D eigenvalue weighted by atomic mass is 9.97. The van der Waals surface area contributed by atoms with Crippen LogP contribution in [0.2, 0.25) is 5.28 Å². The Morgan fingerprint density at radius 2 is 2.10 bits per heavy atom. The summed E-state index contributed by atoms with van der Waals surface area (Å²) in [5, 5.41) is 11.0. The predicted octanol–water partition coefficient (Wildman–Crippen LogP) is 1.10. The molecule has 20 heavy (non-hydrogen) atoms. The molecule has 2 heterocycles. The number of amides is 1. The SMILES string of the molecule is CN1CCN(c2nc(Cl)ncc2[N+](=O)[O-])C(C)(C)C1=O. The molecule has 2 rings (SSSR count). The van der Waals surface area contributed by atoms with Gasteiger partial charge in [-0.3, -0.25) is 14.9 Å². The molecular weight excluding hydrogens is 286 g/mol. The summed E-state index contributed by atoms with van der Waals surface area (Å²) in [4.78, 5) is 33.5. The molecule has 0 aliphatic carbocycles. The number of nitro groups is 1. The van der Waals surface area contributed by atoms with Crippen LogP contribution in [-0.2, 0) is 4.79 Å². The molecule has 1 saturated heterocycles. The Morgan fingerprint density at radius 1 is 1.45 bits per heavy atom. The van der Waals surface area contributed by atoms with Crippen molar-refractivity contribution in [3.63, 3.8) is 0 Å². The first kappa shape index (κ1) is 14.4. The molecule has 1 aromatic heterocycles. The molecule has 0 unspecified atom stereocenters. The molecule has 0 atom stereocenters. The number of hydrogen-bond donors (Lipinski definition) is 0. The molecule has 0 spiro atoms. The van der Waals surface area contributed by atoms with Crippen LogP contribution in [0, 0.1) is 10.1 Å². The Bertz CT molecular complexity index is 577. The Balaban J connectivity index is 2.53. The molecule has 0 N–H and O–H groups in total. The third-order valence-corrected chi connectivity index (χ3v) is 3.56. The lowest BCUT2D eigenvalue weighted by Crippen LogP contribution is -2.62. The Hall–Kier alpha value is -1.96. The molecule has 108 valence electrons. The van der Waals surface area contributed by atoms with Gasteiger partial charge in [0.05, 0.1) is 4.92 Å². The van der Waals surface area contributed by atoms with E-state index in [4.69, 9.17) is 11.6 Å². The van der Waals surface area contributed by atoms with Crippen molar-refractivity contribution < 1.29 is 9.72 Å². The maximum atomic E-state index is 12.2. The molecule has 0 saturated carbocycles. The summed E-state index contributed by atoms with van der Waals surface area (Å²) in [6.07, 6.45) is 1.06. The van der Waals surface area contributed by atoms with Gasteiger partial charge in [0, 0.05) is 20.1 Å². The molecular formula is C11H14ClN5O3. The fraction of sp³-hybridized carbons (Fsp3) is 0.545. The van der Waals surface area contributed by atoms with Crippen LogP contribution >= 0.6 is 11.6 Å². The third kappa shape index (κ3) is 2.26. The van der Waals surface area contributed by atoms with E-state index in [-0.39, 0.29) is 22.7 Å². The number of piperazine rings is 1. The van der Waals surface area contributed by atoms with Crippen LogP contribution in [-0.4, -0.2) is 51.4 Å². The van der Waals surface area contributed by atoms with Gasteiger partial charge >= 0.3 is 5.69 Å². The van der Waals surface area contributed by atoms with Crippen molar-refractivity contribution in [3.8, 4) is 0 Å². The van der Waals surface area contributed by atoms with E-state index in [1.54, 1.807) is 30.7 Å². The standard InChI is InChI=1S/C11H14ClN5O3/c1-11(2)9(18)15(3)4-5-16(11)8-7(17(19)20)6-13-10(12)14-8/h6H,4-5H2,1-3H3. The van der Waals surface area contributed by atoms with E-state index in [0.29, 0.717) is 13.1 Å². The van der Waals surface area contributed by atoms with Gasteiger partial charge in [-0.15, -0.1) is 0 Å². The molecule has 8 nitrogen and oxygen atoms in total. The maximum absolute atomic E-state index is 12.2. The monoisotopic (exact) mass is 299 g/mol. The summed E-state index contributed by atoms with van der Waals surface area (Å²) in [6, 6.07) is 0. The van der Waals surface area contributed by atoms with Crippen LogP contribution in [0.3, 0.4) is 0 Å². The molecule has 0 radical (unpaired) electrons. The minimum atomic E-state index is -0.935. The minimum Gasteiger partial charge on any atom is -0.342 e. The van der Waals surface area contributed by atoms with Crippen molar-refractivity contribution in [1.29, 1.82) is 0 Å². The molecule has 9 heteroatoms. The number of anilines is 1. The second-order valence-electron chi connectivity index (χ2n) is 5.04. The van der Waals surface area contributed by atoms with Crippen LogP contribution in [0.25, 0.3) is 0 Å². The molecule has 1 aliphatic rings. The van der Waals surface area contributed by atoms with Gasteiger partial charge in [0.2, 0.25) is 17.0 Å². The first-order chi connectivity index (χ1) is 9.25. The summed E-state index contributed by atoms with van der Waals surface area (Å²) in [6.45, 7) is 4.29. The van der Waals surface area contributed by atoms with Gasteiger partial charge < -0.3 is 9.80 Å². The van der Waals surface area contributed by atoms with E-state index in [2.05, 4.69) is 9.97 Å². The first-order valence-electron chi connectivity index (χ1n) is 5.95. The van der Waals surface area contributed by atoms with E-state index in [1.807, 2.05) is 0 Å². The Morgan fingerprint density at radius 3 is 2.70 bits per heavy atom. The Kier molecular flexibility index (Phi) is 3.51. The summed E-state index contributed by atoms with van der Waals surface area (Å²) in [5.41, 5.74) is -1.20. The number of aromatic nitrogens is 2. The Labute approximate surface area is 120 Å². The van der Waals surface area contributed by atoms with E-state index in [9.17, 15) is 14.9 Å². The summed E-state index contributed by atoms with van der Waals surface area (Å²) in [7, 11) is 1.70. The number of likely N-dealkylation sites (N-methyl/N-ethyl adjacent to an activating group) is 1. The molecule has 0 bridgehead atoms. The third-order valence-electron chi connectivity index (χ3n) is 3.38. The highest BCUT2D eigenvalue weighted by atomic mass is 35.5.